The van der Waals surface area contributed by atoms with E-state index in [4.69, 9.17) is 16.2 Å². The molecule has 0 heterocycles. The second kappa shape index (κ2) is 5.95. The van der Waals surface area contributed by atoms with Crippen LogP contribution < -0.4 is 11.5 Å². The van der Waals surface area contributed by atoms with Gasteiger partial charge in [-0.2, -0.15) is 0 Å². The number of nitrogens with zero attached hydrogens (tertiary/aromatic N) is 1. The van der Waals surface area contributed by atoms with Gasteiger partial charge in [0.15, 0.2) is 11.6 Å². The Labute approximate surface area is 115 Å². The summed E-state index contributed by atoms with van der Waals surface area (Å²) in [5, 5.41) is 0. The van der Waals surface area contributed by atoms with E-state index < -0.39 is 0 Å². The van der Waals surface area contributed by atoms with Crippen molar-refractivity contribution in [2.24, 2.45) is 27.8 Å². The van der Waals surface area contributed by atoms with Crippen LogP contribution in [-0.2, 0) is 4.74 Å². The Morgan fingerprint density at radius 2 is 2.11 bits per heavy atom. The molecule has 4 heteroatoms. The summed E-state index contributed by atoms with van der Waals surface area (Å²) in [6.07, 6.45) is 6.76. The highest BCUT2D eigenvalue weighted by Gasteiger charge is 2.25. The topological polar surface area (TPSA) is 73.6 Å². The molecule has 0 aromatic carbocycles. The first kappa shape index (κ1) is 15.3. The predicted molar refractivity (Wildman–Crippen MR) is 80.3 cm³/mol. The monoisotopic (exact) mass is 263 g/mol. The van der Waals surface area contributed by atoms with Crippen molar-refractivity contribution < 1.29 is 4.74 Å². The van der Waals surface area contributed by atoms with Crippen molar-refractivity contribution in [1.29, 1.82) is 0 Å². The van der Waals surface area contributed by atoms with Crippen LogP contribution in [0.15, 0.2) is 40.4 Å². The van der Waals surface area contributed by atoms with Crippen molar-refractivity contribution in [2.45, 2.75) is 34.1 Å². The van der Waals surface area contributed by atoms with Crippen molar-refractivity contribution in [3.05, 3.63) is 35.4 Å². The number of hydrogen-bond donors (Lipinski definition) is 2. The average Bonchev–Trinajstić information content (AvgIpc) is 2.32. The molecule has 0 bridgehead atoms. The number of methoxy groups -OCH3 is 1. The third-order valence-electron chi connectivity index (χ3n) is 3.42. The summed E-state index contributed by atoms with van der Waals surface area (Å²) in [6, 6.07) is 0. The Morgan fingerprint density at radius 1 is 1.47 bits per heavy atom. The molecule has 0 aromatic rings. The average molecular weight is 263 g/mol. The van der Waals surface area contributed by atoms with Crippen LogP contribution in [0.4, 0.5) is 0 Å². The maximum Gasteiger partial charge on any atom is 0.176 e. The van der Waals surface area contributed by atoms with Gasteiger partial charge in [-0.3, -0.25) is 0 Å². The largest absolute Gasteiger partial charge is 0.491 e. The van der Waals surface area contributed by atoms with E-state index in [0.717, 1.165) is 17.7 Å². The van der Waals surface area contributed by atoms with Gasteiger partial charge in [-0.1, -0.05) is 32.9 Å². The van der Waals surface area contributed by atoms with E-state index in [1.165, 1.54) is 13.3 Å². The Hall–Kier alpha value is -1.71. The number of nitrogens with two attached hydrogens (primary N) is 2. The number of allylic oxidation sites excluding steroid dienone is 3. The smallest absolute Gasteiger partial charge is 0.176 e. The minimum Gasteiger partial charge on any atom is -0.491 e. The lowest BCUT2D eigenvalue weighted by Crippen LogP contribution is -2.22. The molecule has 1 unspecified atom stereocenters. The summed E-state index contributed by atoms with van der Waals surface area (Å²) >= 11 is 0. The Bertz CT molecular complexity index is 451. The molecular formula is C15H25N3O. The molecule has 0 saturated heterocycles. The van der Waals surface area contributed by atoms with E-state index in [0.29, 0.717) is 17.5 Å². The summed E-state index contributed by atoms with van der Waals surface area (Å²) in [5.41, 5.74) is 13.6. The molecular weight excluding hydrogens is 238 g/mol. The predicted octanol–water partition coefficient (Wildman–Crippen LogP) is 2.69. The van der Waals surface area contributed by atoms with E-state index in [1.807, 2.05) is 6.92 Å². The molecule has 106 valence electrons. The first-order chi connectivity index (χ1) is 8.79. The SMILES string of the molecule is COC(=CN)C(N)=NC1=CC(C(C)(C)C)CC=C1C. The van der Waals surface area contributed by atoms with E-state index in [9.17, 15) is 0 Å². The van der Waals surface area contributed by atoms with E-state index in [2.05, 4.69) is 37.9 Å². The van der Waals surface area contributed by atoms with Gasteiger partial charge in [0.25, 0.3) is 0 Å². The Morgan fingerprint density at radius 3 is 2.58 bits per heavy atom. The number of amidine groups is 1. The fourth-order valence-electron chi connectivity index (χ4n) is 1.97. The zero-order valence-electron chi connectivity index (χ0n) is 12.5. The second-order valence-electron chi connectivity index (χ2n) is 5.88. The van der Waals surface area contributed by atoms with Gasteiger partial charge in [0.2, 0.25) is 0 Å². The van der Waals surface area contributed by atoms with Gasteiger partial charge in [-0.05, 0) is 30.3 Å². The van der Waals surface area contributed by atoms with Crippen LogP contribution in [0.25, 0.3) is 0 Å². The third-order valence-corrected chi connectivity index (χ3v) is 3.42. The molecule has 4 N–H and O–H groups in total. The standard InChI is InChI=1S/C15H25N3O/c1-10-6-7-11(15(2,3)4)8-12(10)18-14(17)13(9-16)19-5/h6,8-9,11H,7,16H2,1-5H3,(H2,17,18). The van der Waals surface area contributed by atoms with Crippen LogP contribution in [0.5, 0.6) is 0 Å². The van der Waals surface area contributed by atoms with Crippen molar-refractivity contribution in [3.63, 3.8) is 0 Å². The first-order valence-electron chi connectivity index (χ1n) is 6.49. The van der Waals surface area contributed by atoms with Crippen molar-refractivity contribution >= 4 is 5.84 Å². The van der Waals surface area contributed by atoms with Gasteiger partial charge in [0.1, 0.15) is 0 Å². The van der Waals surface area contributed by atoms with Crippen LogP contribution in [0.1, 0.15) is 34.1 Å². The molecule has 0 spiro atoms. The Kier molecular flexibility index (Phi) is 4.81. The highest BCUT2D eigenvalue weighted by Crippen LogP contribution is 2.35. The fraction of sp³-hybridized carbons (Fsp3) is 0.533. The molecule has 4 nitrogen and oxygen atoms in total. The van der Waals surface area contributed by atoms with Gasteiger partial charge in [0, 0.05) is 6.20 Å². The summed E-state index contributed by atoms with van der Waals surface area (Å²) in [5.74, 6) is 1.15. The fourth-order valence-corrected chi connectivity index (χ4v) is 1.97. The molecule has 0 radical (unpaired) electrons. The highest BCUT2D eigenvalue weighted by atomic mass is 16.5. The zero-order chi connectivity index (χ0) is 14.6. The van der Waals surface area contributed by atoms with Gasteiger partial charge < -0.3 is 16.2 Å². The second-order valence-corrected chi connectivity index (χ2v) is 5.88. The zero-order valence-corrected chi connectivity index (χ0v) is 12.5. The molecule has 0 aliphatic heterocycles. The lowest BCUT2D eigenvalue weighted by atomic mass is 9.76. The highest BCUT2D eigenvalue weighted by molar-refractivity contribution is 5.95. The number of hydrogen-bond acceptors (Lipinski definition) is 3. The molecule has 0 fully saturated rings. The molecule has 0 saturated carbocycles. The molecule has 0 amide bonds. The summed E-state index contributed by atoms with van der Waals surface area (Å²) in [6.45, 7) is 8.73. The van der Waals surface area contributed by atoms with Crippen LogP contribution in [0, 0.1) is 11.3 Å². The first-order valence-corrected chi connectivity index (χ1v) is 6.49. The molecule has 19 heavy (non-hydrogen) atoms. The van der Waals surface area contributed by atoms with Crippen LogP contribution in [-0.4, -0.2) is 12.9 Å². The third kappa shape index (κ3) is 3.88. The summed E-state index contributed by atoms with van der Waals surface area (Å²) in [4.78, 5) is 4.44. The maximum atomic E-state index is 5.90. The quantitative estimate of drug-likeness (QED) is 0.467. The lowest BCUT2D eigenvalue weighted by molar-refractivity contribution is 0.291. The van der Waals surface area contributed by atoms with Gasteiger partial charge >= 0.3 is 0 Å². The minimum atomic E-state index is 0.209. The van der Waals surface area contributed by atoms with E-state index in [1.54, 1.807) is 0 Å². The van der Waals surface area contributed by atoms with Crippen LogP contribution in [0.2, 0.25) is 0 Å². The molecule has 1 aliphatic rings. The van der Waals surface area contributed by atoms with Gasteiger partial charge in [-0.15, -0.1) is 0 Å². The Balaban J connectivity index is 3.06. The van der Waals surface area contributed by atoms with Crippen molar-refractivity contribution in [3.8, 4) is 0 Å². The number of rotatable bonds is 3. The lowest BCUT2D eigenvalue weighted by Gasteiger charge is -2.30. The molecule has 1 rings (SSSR count). The molecule has 0 aromatic heterocycles. The van der Waals surface area contributed by atoms with Crippen molar-refractivity contribution in [1.82, 2.24) is 0 Å². The summed E-state index contributed by atoms with van der Waals surface area (Å²) < 4.78 is 5.07. The van der Waals surface area contributed by atoms with Crippen LogP contribution in [0.3, 0.4) is 0 Å². The number of aliphatic imine (C=N–C) groups is 1. The van der Waals surface area contributed by atoms with E-state index in [-0.39, 0.29) is 5.41 Å². The minimum absolute atomic E-state index is 0.209. The van der Waals surface area contributed by atoms with Gasteiger partial charge in [0.05, 0.1) is 12.8 Å². The summed E-state index contributed by atoms with van der Waals surface area (Å²) in [7, 11) is 1.52. The van der Waals surface area contributed by atoms with Crippen LogP contribution >= 0.6 is 0 Å². The van der Waals surface area contributed by atoms with Gasteiger partial charge in [-0.25, -0.2) is 4.99 Å². The number of ether oxygens (including phenoxy) is 1. The van der Waals surface area contributed by atoms with E-state index >= 15 is 0 Å². The molecule has 1 atom stereocenters. The maximum absolute atomic E-state index is 5.90. The normalized spacial score (nSPS) is 21.8. The van der Waals surface area contributed by atoms with Crippen molar-refractivity contribution in [2.75, 3.05) is 7.11 Å². The molecule has 1 aliphatic carbocycles.